The lowest BCUT2D eigenvalue weighted by Crippen LogP contribution is -2.30. The Labute approximate surface area is 215 Å². The summed E-state index contributed by atoms with van der Waals surface area (Å²) in [6.07, 6.45) is 3.00. The van der Waals surface area contributed by atoms with Gasteiger partial charge in [0.25, 0.3) is 0 Å². The van der Waals surface area contributed by atoms with Crippen LogP contribution in [0.5, 0.6) is 0 Å². The number of hydrogen-bond acceptors (Lipinski definition) is 11. The monoisotopic (exact) mass is 508 g/mol. The lowest BCUT2D eigenvalue weighted by molar-refractivity contribution is -0.160. The van der Waals surface area contributed by atoms with Crippen molar-refractivity contribution in [3.63, 3.8) is 0 Å². The van der Waals surface area contributed by atoms with E-state index in [0.717, 1.165) is 11.3 Å². The summed E-state index contributed by atoms with van der Waals surface area (Å²) >= 11 is 0. The van der Waals surface area contributed by atoms with Gasteiger partial charge in [-0.05, 0) is 45.6 Å². The van der Waals surface area contributed by atoms with Crippen molar-refractivity contribution in [2.45, 2.75) is 58.5 Å². The smallest absolute Gasteiger partial charge is 0.309 e. The Bertz CT molecular complexity index is 1290. The molecule has 1 atom stereocenters. The number of benzene rings is 1. The molecule has 37 heavy (non-hydrogen) atoms. The van der Waals surface area contributed by atoms with Crippen LogP contribution in [-0.2, 0) is 31.9 Å². The van der Waals surface area contributed by atoms with Gasteiger partial charge >= 0.3 is 11.9 Å². The van der Waals surface area contributed by atoms with Gasteiger partial charge in [-0.2, -0.15) is 9.97 Å². The highest BCUT2D eigenvalue weighted by Crippen LogP contribution is 2.22. The van der Waals surface area contributed by atoms with Crippen molar-refractivity contribution in [2.24, 2.45) is 5.92 Å². The van der Waals surface area contributed by atoms with Gasteiger partial charge in [-0.25, -0.2) is 9.97 Å². The summed E-state index contributed by atoms with van der Waals surface area (Å²) in [5.74, 6) is -1.68. The number of ketones is 1. The molecule has 2 heterocycles. The van der Waals surface area contributed by atoms with Crippen LogP contribution in [0, 0.1) is 5.92 Å². The Morgan fingerprint density at radius 2 is 1.70 bits per heavy atom. The largest absolute Gasteiger partial charge is 0.469 e. The number of nitrogens with zero attached hydrogens (tertiary/aromatic N) is 4. The molecule has 3 rings (SSSR count). The second kappa shape index (κ2) is 11.7. The van der Waals surface area contributed by atoms with Crippen molar-refractivity contribution in [1.82, 2.24) is 19.9 Å². The number of rotatable bonds is 10. The topological polar surface area (TPSA) is 173 Å². The highest BCUT2D eigenvalue weighted by Gasteiger charge is 2.28. The molecule has 2 aromatic heterocycles. The third kappa shape index (κ3) is 7.92. The van der Waals surface area contributed by atoms with E-state index in [1.54, 1.807) is 39.1 Å². The zero-order valence-electron chi connectivity index (χ0n) is 21.5. The predicted octanol–water partition coefficient (Wildman–Crippen LogP) is 2.85. The molecule has 11 heteroatoms. The number of hydrogen-bond donors (Lipinski definition) is 2. The van der Waals surface area contributed by atoms with E-state index < -0.39 is 23.5 Å². The Kier molecular flexibility index (Phi) is 8.69. The average Bonchev–Trinajstić information content (AvgIpc) is 2.84. The Hall–Kier alpha value is -4.15. The lowest BCUT2D eigenvalue weighted by Gasteiger charge is -2.23. The van der Waals surface area contributed by atoms with Crippen molar-refractivity contribution < 1.29 is 23.9 Å². The van der Waals surface area contributed by atoms with Gasteiger partial charge in [0.05, 0.1) is 24.9 Å². The van der Waals surface area contributed by atoms with Crippen LogP contribution in [0.25, 0.3) is 11.2 Å². The van der Waals surface area contributed by atoms with Crippen molar-refractivity contribution in [3.05, 3.63) is 47.3 Å². The highest BCUT2D eigenvalue weighted by atomic mass is 16.6. The normalized spacial score (nSPS) is 12.2. The molecule has 0 bridgehead atoms. The number of nitrogens with two attached hydrogens (primary N) is 2. The van der Waals surface area contributed by atoms with Crippen molar-refractivity contribution >= 4 is 40.7 Å². The summed E-state index contributed by atoms with van der Waals surface area (Å²) in [7, 11) is 1.28. The van der Waals surface area contributed by atoms with E-state index in [1.165, 1.54) is 7.11 Å². The van der Waals surface area contributed by atoms with Crippen LogP contribution < -0.4 is 11.5 Å². The minimum Gasteiger partial charge on any atom is -0.469 e. The first-order valence-corrected chi connectivity index (χ1v) is 11.9. The highest BCUT2D eigenvalue weighted by molar-refractivity contribution is 5.98. The van der Waals surface area contributed by atoms with E-state index in [9.17, 15) is 14.4 Å². The number of aryl methyl sites for hydroxylation is 2. The SMILES string of the molecule is COC(=O)CC[C@H](CC(=O)c1ccc(CCc2cnc3nc(N)nc(N)c3n2)cc1)C(=O)OC(C)(C)C. The van der Waals surface area contributed by atoms with Crippen LogP contribution in [-0.4, -0.2) is 50.4 Å². The number of Topliss-reactive ketones (excluding diaryl/α,β-unsaturated/α-hetero) is 1. The Morgan fingerprint density at radius 1 is 1.00 bits per heavy atom. The first-order valence-electron chi connectivity index (χ1n) is 11.9. The van der Waals surface area contributed by atoms with Gasteiger partial charge in [-0.15, -0.1) is 0 Å². The quantitative estimate of drug-likeness (QED) is 0.304. The summed E-state index contributed by atoms with van der Waals surface area (Å²) in [6, 6.07) is 7.17. The summed E-state index contributed by atoms with van der Waals surface area (Å²) in [6.45, 7) is 5.26. The van der Waals surface area contributed by atoms with Crippen molar-refractivity contribution in [3.8, 4) is 0 Å². The van der Waals surface area contributed by atoms with Crippen LogP contribution in [0.1, 0.15) is 61.6 Å². The third-order valence-corrected chi connectivity index (χ3v) is 5.54. The first-order chi connectivity index (χ1) is 17.4. The van der Waals surface area contributed by atoms with Gasteiger partial charge in [-0.3, -0.25) is 14.4 Å². The van der Waals surface area contributed by atoms with Gasteiger partial charge in [0, 0.05) is 18.4 Å². The zero-order valence-corrected chi connectivity index (χ0v) is 21.5. The summed E-state index contributed by atoms with van der Waals surface area (Å²) < 4.78 is 10.1. The molecule has 0 unspecified atom stereocenters. The molecule has 196 valence electrons. The molecule has 0 aliphatic carbocycles. The van der Waals surface area contributed by atoms with Crippen LogP contribution >= 0.6 is 0 Å². The minimum atomic E-state index is -0.747. The lowest BCUT2D eigenvalue weighted by atomic mass is 9.93. The molecule has 0 radical (unpaired) electrons. The molecular formula is C26H32N6O5. The average molecular weight is 509 g/mol. The van der Waals surface area contributed by atoms with E-state index in [0.29, 0.717) is 29.6 Å². The molecule has 11 nitrogen and oxygen atoms in total. The number of carbonyl (C=O) groups excluding carboxylic acids is 3. The number of anilines is 2. The Balaban J connectivity index is 1.64. The van der Waals surface area contributed by atoms with E-state index in [4.69, 9.17) is 16.2 Å². The fourth-order valence-corrected chi connectivity index (χ4v) is 3.66. The van der Waals surface area contributed by atoms with Crippen molar-refractivity contribution in [2.75, 3.05) is 18.6 Å². The number of ether oxygens (including phenoxy) is 2. The molecule has 1 aromatic carbocycles. The molecule has 0 saturated heterocycles. The second-order valence-electron chi connectivity index (χ2n) is 9.67. The summed E-state index contributed by atoms with van der Waals surface area (Å²) in [5, 5.41) is 0. The van der Waals surface area contributed by atoms with E-state index in [-0.39, 0.29) is 36.8 Å². The number of nitrogen functional groups attached to an aromatic ring is 2. The molecule has 0 spiro atoms. The van der Waals surface area contributed by atoms with Gasteiger partial charge < -0.3 is 20.9 Å². The molecular weight excluding hydrogens is 476 g/mol. The van der Waals surface area contributed by atoms with Crippen LogP contribution in [0.2, 0.25) is 0 Å². The number of aromatic nitrogens is 4. The van der Waals surface area contributed by atoms with E-state index in [2.05, 4.69) is 24.7 Å². The molecule has 0 aliphatic heterocycles. The van der Waals surface area contributed by atoms with E-state index in [1.807, 2.05) is 12.1 Å². The van der Waals surface area contributed by atoms with Gasteiger partial charge in [0.15, 0.2) is 22.8 Å². The first kappa shape index (κ1) is 27.4. The van der Waals surface area contributed by atoms with Gasteiger partial charge in [-0.1, -0.05) is 24.3 Å². The van der Waals surface area contributed by atoms with Gasteiger partial charge in [0.2, 0.25) is 5.95 Å². The summed E-state index contributed by atoms with van der Waals surface area (Å²) in [4.78, 5) is 53.9. The number of carbonyl (C=O) groups is 3. The minimum absolute atomic E-state index is 0.0233. The molecule has 0 amide bonds. The molecule has 0 aliphatic rings. The number of esters is 2. The van der Waals surface area contributed by atoms with Crippen LogP contribution in [0.15, 0.2) is 30.5 Å². The molecule has 4 N–H and O–H groups in total. The summed E-state index contributed by atoms with van der Waals surface area (Å²) in [5.41, 5.74) is 13.7. The van der Waals surface area contributed by atoms with Crippen LogP contribution in [0.3, 0.4) is 0 Å². The number of fused-ring (bicyclic) bond motifs is 1. The van der Waals surface area contributed by atoms with E-state index >= 15 is 0 Å². The standard InChI is InChI=1S/C26H32N6O5/c1-26(2,3)37-24(35)17(10-12-20(34)36-4)13-19(33)16-8-5-15(6-9-16)7-11-18-14-29-23-21(30-18)22(27)31-25(28)32-23/h5-6,8-9,14,17H,7,10-13H2,1-4H3,(H4,27,28,29,31,32)/t17-/m1/s1. The maximum absolute atomic E-state index is 12.9. The molecule has 0 fully saturated rings. The fraction of sp³-hybridized carbons (Fsp3) is 0.423. The van der Waals surface area contributed by atoms with Crippen molar-refractivity contribution in [1.29, 1.82) is 0 Å². The van der Waals surface area contributed by atoms with Gasteiger partial charge in [0.1, 0.15) is 5.60 Å². The second-order valence-corrected chi connectivity index (χ2v) is 9.67. The molecule has 3 aromatic rings. The predicted molar refractivity (Wildman–Crippen MR) is 137 cm³/mol. The fourth-order valence-electron chi connectivity index (χ4n) is 3.66. The molecule has 0 saturated carbocycles. The zero-order chi connectivity index (χ0) is 27.2. The third-order valence-electron chi connectivity index (χ3n) is 5.54. The maximum Gasteiger partial charge on any atom is 0.309 e. The Morgan fingerprint density at radius 3 is 2.35 bits per heavy atom. The number of methoxy groups -OCH3 is 1. The van der Waals surface area contributed by atoms with Crippen LogP contribution in [0.4, 0.5) is 11.8 Å². The maximum atomic E-state index is 12.9.